The van der Waals surface area contributed by atoms with Gasteiger partial charge in [0.1, 0.15) is 12.4 Å². The molecular formula is C15H20N2O2. The first-order chi connectivity index (χ1) is 9.13. The minimum absolute atomic E-state index is 0.405. The van der Waals surface area contributed by atoms with E-state index < -0.39 is 0 Å². The second-order valence-electron chi connectivity index (χ2n) is 4.91. The normalized spacial score (nSPS) is 10.9. The zero-order chi connectivity index (χ0) is 13.7. The van der Waals surface area contributed by atoms with Crippen molar-refractivity contribution in [2.24, 2.45) is 0 Å². The molecule has 0 atom stereocenters. The molecule has 1 aromatic heterocycles. The maximum atomic E-state index is 5.69. The quantitative estimate of drug-likeness (QED) is 0.867. The molecule has 102 valence electrons. The molecule has 19 heavy (non-hydrogen) atoms. The van der Waals surface area contributed by atoms with Crippen LogP contribution in [-0.2, 0) is 13.2 Å². The predicted octanol–water partition coefficient (Wildman–Crippen LogP) is 3.06. The molecular weight excluding hydrogens is 240 g/mol. The molecule has 0 amide bonds. The first kappa shape index (κ1) is 13.6. The molecule has 1 heterocycles. The number of aryl methyl sites for hydroxylation is 1. The van der Waals surface area contributed by atoms with Gasteiger partial charge in [0.05, 0.1) is 5.69 Å². The molecule has 0 aliphatic carbocycles. The molecule has 1 N–H and O–H groups in total. The highest BCUT2D eigenvalue weighted by Gasteiger charge is 2.03. The minimum Gasteiger partial charge on any atom is -0.486 e. The summed E-state index contributed by atoms with van der Waals surface area (Å²) < 4.78 is 10.8. The highest BCUT2D eigenvalue weighted by atomic mass is 16.5. The number of aromatic nitrogens is 1. The Morgan fingerprint density at radius 2 is 2.16 bits per heavy atom. The standard InChI is InChI=1S/C15H20N2O2/c1-11(2)16-9-13-5-4-6-14(8-13)18-10-15-7-12(3)17-19-15/h4-8,11,16H,9-10H2,1-3H3. The number of benzene rings is 1. The smallest absolute Gasteiger partial charge is 0.174 e. The monoisotopic (exact) mass is 260 g/mol. The Morgan fingerprint density at radius 1 is 1.32 bits per heavy atom. The predicted molar refractivity (Wildman–Crippen MR) is 74.0 cm³/mol. The van der Waals surface area contributed by atoms with Crippen molar-refractivity contribution in [3.05, 3.63) is 47.3 Å². The van der Waals surface area contributed by atoms with Crippen molar-refractivity contribution in [1.82, 2.24) is 10.5 Å². The van der Waals surface area contributed by atoms with E-state index in [9.17, 15) is 0 Å². The van der Waals surface area contributed by atoms with Gasteiger partial charge >= 0.3 is 0 Å². The van der Waals surface area contributed by atoms with Crippen molar-refractivity contribution in [2.75, 3.05) is 0 Å². The summed E-state index contributed by atoms with van der Waals surface area (Å²) in [6.45, 7) is 7.41. The average molecular weight is 260 g/mol. The first-order valence-corrected chi connectivity index (χ1v) is 6.51. The second kappa shape index (κ2) is 6.38. The van der Waals surface area contributed by atoms with Gasteiger partial charge in [0.15, 0.2) is 5.76 Å². The molecule has 0 bridgehead atoms. The molecule has 0 spiro atoms. The summed E-state index contributed by atoms with van der Waals surface area (Å²) in [4.78, 5) is 0. The molecule has 2 rings (SSSR count). The van der Waals surface area contributed by atoms with Crippen molar-refractivity contribution >= 4 is 0 Å². The summed E-state index contributed by atoms with van der Waals surface area (Å²) in [5.74, 6) is 1.58. The van der Waals surface area contributed by atoms with E-state index in [0.29, 0.717) is 12.6 Å². The van der Waals surface area contributed by atoms with Crippen LogP contribution in [0, 0.1) is 6.92 Å². The Bertz CT molecular complexity index is 520. The van der Waals surface area contributed by atoms with Gasteiger partial charge in [-0.05, 0) is 24.6 Å². The number of hydrogen-bond donors (Lipinski definition) is 1. The molecule has 4 nitrogen and oxygen atoms in total. The van der Waals surface area contributed by atoms with Gasteiger partial charge in [-0.1, -0.05) is 31.1 Å². The van der Waals surface area contributed by atoms with Crippen molar-refractivity contribution in [1.29, 1.82) is 0 Å². The zero-order valence-electron chi connectivity index (χ0n) is 11.6. The third kappa shape index (κ3) is 4.41. The van der Waals surface area contributed by atoms with E-state index in [-0.39, 0.29) is 0 Å². The van der Waals surface area contributed by atoms with Crippen LogP contribution in [0.1, 0.15) is 30.9 Å². The van der Waals surface area contributed by atoms with E-state index in [0.717, 1.165) is 23.7 Å². The van der Waals surface area contributed by atoms with Crippen LogP contribution >= 0.6 is 0 Å². The lowest BCUT2D eigenvalue weighted by atomic mass is 10.2. The van der Waals surface area contributed by atoms with E-state index in [1.165, 1.54) is 5.56 Å². The maximum Gasteiger partial charge on any atom is 0.174 e. The molecule has 4 heteroatoms. The summed E-state index contributed by atoms with van der Waals surface area (Å²) in [6.07, 6.45) is 0. The maximum absolute atomic E-state index is 5.69. The third-order valence-electron chi connectivity index (χ3n) is 2.67. The first-order valence-electron chi connectivity index (χ1n) is 6.51. The van der Waals surface area contributed by atoms with Crippen molar-refractivity contribution < 1.29 is 9.26 Å². The summed E-state index contributed by atoms with van der Waals surface area (Å²) in [5.41, 5.74) is 2.08. The Kier molecular flexibility index (Phi) is 4.58. The van der Waals surface area contributed by atoms with Crippen LogP contribution in [0.3, 0.4) is 0 Å². The highest BCUT2D eigenvalue weighted by molar-refractivity contribution is 5.28. The van der Waals surface area contributed by atoms with Crippen LogP contribution in [0.15, 0.2) is 34.9 Å². The molecule has 0 fully saturated rings. The Balaban J connectivity index is 1.91. The van der Waals surface area contributed by atoms with E-state index in [1.807, 2.05) is 31.2 Å². The Labute approximate surface area is 113 Å². The third-order valence-corrected chi connectivity index (χ3v) is 2.67. The van der Waals surface area contributed by atoms with Gasteiger partial charge in [-0.2, -0.15) is 0 Å². The molecule has 1 aromatic carbocycles. The number of rotatable bonds is 6. The van der Waals surface area contributed by atoms with Crippen molar-refractivity contribution in [2.45, 2.75) is 40.0 Å². The summed E-state index contributed by atoms with van der Waals surface area (Å²) in [6, 6.07) is 10.4. The SMILES string of the molecule is Cc1cc(COc2cccc(CNC(C)C)c2)on1. The van der Waals surface area contributed by atoms with Gasteiger partial charge in [0.2, 0.25) is 0 Å². The lowest BCUT2D eigenvalue weighted by molar-refractivity contribution is 0.248. The average Bonchev–Trinajstić information content (AvgIpc) is 2.80. The molecule has 0 radical (unpaired) electrons. The van der Waals surface area contributed by atoms with Crippen LogP contribution in [0.5, 0.6) is 5.75 Å². The summed E-state index contributed by atoms with van der Waals surface area (Å²) >= 11 is 0. The Morgan fingerprint density at radius 3 is 2.84 bits per heavy atom. The van der Waals surface area contributed by atoms with Gasteiger partial charge < -0.3 is 14.6 Å². The van der Waals surface area contributed by atoms with Crippen LogP contribution in [0.2, 0.25) is 0 Å². The second-order valence-corrected chi connectivity index (χ2v) is 4.91. The van der Waals surface area contributed by atoms with Gasteiger partial charge in [0.25, 0.3) is 0 Å². The van der Waals surface area contributed by atoms with E-state index in [4.69, 9.17) is 9.26 Å². The number of ether oxygens (including phenoxy) is 1. The molecule has 0 saturated heterocycles. The lowest BCUT2D eigenvalue weighted by Gasteiger charge is -2.09. The molecule has 0 aliphatic heterocycles. The number of nitrogens with one attached hydrogen (secondary N) is 1. The van der Waals surface area contributed by atoms with Gasteiger partial charge in [-0.15, -0.1) is 0 Å². The number of hydrogen-bond acceptors (Lipinski definition) is 4. The van der Waals surface area contributed by atoms with E-state index >= 15 is 0 Å². The molecule has 0 saturated carbocycles. The van der Waals surface area contributed by atoms with Crippen LogP contribution in [-0.4, -0.2) is 11.2 Å². The largest absolute Gasteiger partial charge is 0.486 e. The number of nitrogens with zero attached hydrogens (tertiary/aromatic N) is 1. The van der Waals surface area contributed by atoms with E-state index in [2.05, 4.69) is 30.4 Å². The fourth-order valence-electron chi connectivity index (χ4n) is 1.71. The minimum atomic E-state index is 0.405. The molecule has 2 aromatic rings. The lowest BCUT2D eigenvalue weighted by Crippen LogP contribution is -2.21. The summed E-state index contributed by atoms with van der Waals surface area (Å²) in [5, 5.41) is 7.21. The fraction of sp³-hybridized carbons (Fsp3) is 0.400. The van der Waals surface area contributed by atoms with Crippen LogP contribution in [0.25, 0.3) is 0 Å². The van der Waals surface area contributed by atoms with Crippen molar-refractivity contribution in [3.8, 4) is 5.75 Å². The summed E-state index contributed by atoms with van der Waals surface area (Å²) in [7, 11) is 0. The van der Waals surface area contributed by atoms with Gasteiger partial charge in [0, 0.05) is 18.7 Å². The molecule has 0 unspecified atom stereocenters. The van der Waals surface area contributed by atoms with E-state index in [1.54, 1.807) is 0 Å². The topological polar surface area (TPSA) is 47.3 Å². The van der Waals surface area contributed by atoms with Crippen LogP contribution in [0.4, 0.5) is 0 Å². The Hall–Kier alpha value is -1.81. The highest BCUT2D eigenvalue weighted by Crippen LogP contribution is 2.15. The van der Waals surface area contributed by atoms with Gasteiger partial charge in [-0.3, -0.25) is 0 Å². The van der Waals surface area contributed by atoms with Gasteiger partial charge in [-0.25, -0.2) is 0 Å². The zero-order valence-corrected chi connectivity index (χ0v) is 11.6. The molecule has 0 aliphatic rings. The van der Waals surface area contributed by atoms with Crippen molar-refractivity contribution in [3.63, 3.8) is 0 Å². The van der Waals surface area contributed by atoms with Crippen LogP contribution < -0.4 is 10.1 Å². The fourth-order valence-corrected chi connectivity index (χ4v) is 1.71.